The summed E-state index contributed by atoms with van der Waals surface area (Å²) >= 11 is 5.81. The van der Waals surface area contributed by atoms with Crippen LogP contribution >= 0.6 is 11.6 Å². The number of amides is 1. The van der Waals surface area contributed by atoms with Crippen molar-refractivity contribution in [2.24, 2.45) is 5.41 Å². The van der Waals surface area contributed by atoms with Crippen molar-refractivity contribution in [3.05, 3.63) is 30.1 Å². The van der Waals surface area contributed by atoms with Gasteiger partial charge in [0.05, 0.1) is 16.7 Å². The summed E-state index contributed by atoms with van der Waals surface area (Å²) in [4.78, 5) is 16.4. The molecule has 1 N–H and O–H groups in total. The van der Waals surface area contributed by atoms with E-state index in [-0.39, 0.29) is 11.8 Å². The van der Waals surface area contributed by atoms with Gasteiger partial charge < -0.3 is 9.84 Å². The maximum atomic E-state index is 12.2. The van der Waals surface area contributed by atoms with Gasteiger partial charge >= 0.3 is 0 Å². The molecule has 6 heteroatoms. The first-order valence-corrected chi connectivity index (χ1v) is 6.74. The molecular weight excluding hydrogens is 278 g/mol. The smallest absolute Gasteiger partial charge is 0.260 e. The number of carbonyl (C=O) groups is 1. The summed E-state index contributed by atoms with van der Waals surface area (Å²) in [6.45, 7) is 5.31. The number of carbonyl (C=O) groups excluding carboxylic acids is 1. The second-order valence-electron chi connectivity index (χ2n) is 5.16. The van der Waals surface area contributed by atoms with Crippen LogP contribution in [0, 0.1) is 12.3 Å². The topological polar surface area (TPSA) is 68.0 Å². The fourth-order valence-electron chi connectivity index (χ4n) is 1.54. The molecule has 0 atom stereocenters. The number of alkyl halides is 1. The fourth-order valence-corrected chi connectivity index (χ4v) is 1.66. The van der Waals surface area contributed by atoms with Gasteiger partial charge in [-0.05, 0) is 32.9 Å². The van der Waals surface area contributed by atoms with Crippen LogP contribution in [0.1, 0.15) is 19.7 Å². The minimum absolute atomic E-state index is 0.156. The lowest BCUT2D eigenvalue weighted by Crippen LogP contribution is -2.32. The van der Waals surface area contributed by atoms with Crippen LogP contribution in [0.25, 0.3) is 11.5 Å². The molecule has 1 aromatic carbocycles. The van der Waals surface area contributed by atoms with Crippen molar-refractivity contribution in [3.8, 4) is 11.5 Å². The minimum Gasteiger partial charge on any atom is -0.334 e. The third kappa shape index (κ3) is 2.99. The predicted molar refractivity (Wildman–Crippen MR) is 77.6 cm³/mol. The van der Waals surface area contributed by atoms with Crippen LogP contribution in [0.15, 0.2) is 28.8 Å². The molecule has 0 aliphatic heterocycles. The Morgan fingerprint density at radius 1 is 1.40 bits per heavy atom. The molecule has 2 aromatic rings. The molecule has 0 aliphatic rings. The molecule has 5 nitrogen and oxygen atoms in total. The largest absolute Gasteiger partial charge is 0.334 e. The van der Waals surface area contributed by atoms with Crippen LogP contribution in [-0.4, -0.2) is 21.9 Å². The lowest BCUT2D eigenvalue weighted by Gasteiger charge is -2.21. The second kappa shape index (κ2) is 5.63. The van der Waals surface area contributed by atoms with E-state index in [0.717, 1.165) is 0 Å². The van der Waals surface area contributed by atoms with Crippen LogP contribution in [-0.2, 0) is 4.79 Å². The molecule has 0 fully saturated rings. The summed E-state index contributed by atoms with van der Waals surface area (Å²) in [6, 6.07) is 7.28. The molecule has 20 heavy (non-hydrogen) atoms. The van der Waals surface area contributed by atoms with E-state index >= 15 is 0 Å². The first-order valence-electron chi connectivity index (χ1n) is 6.21. The number of hydrogen-bond acceptors (Lipinski definition) is 4. The Labute approximate surface area is 122 Å². The Balaban J connectivity index is 2.32. The lowest BCUT2D eigenvalue weighted by atomic mass is 9.95. The molecule has 2 rings (SSSR count). The number of rotatable bonds is 4. The van der Waals surface area contributed by atoms with Gasteiger partial charge in [-0.2, -0.15) is 4.98 Å². The average Bonchev–Trinajstić information content (AvgIpc) is 2.85. The van der Waals surface area contributed by atoms with Crippen LogP contribution in [0.5, 0.6) is 0 Å². The van der Waals surface area contributed by atoms with Gasteiger partial charge in [0.1, 0.15) is 0 Å². The molecule has 1 aromatic heterocycles. The van der Waals surface area contributed by atoms with E-state index in [1.165, 1.54) is 0 Å². The van der Waals surface area contributed by atoms with Crippen molar-refractivity contribution in [1.82, 2.24) is 10.1 Å². The number of nitrogens with one attached hydrogen (secondary N) is 1. The van der Waals surface area contributed by atoms with Gasteiger partial charge in [-0.25, -0.2) is 0 Å². The number of hydrogen-bond donors (Lipinski definition) is 1. The normalized spacial score (nSPS) is 11.4. The Hall–Kier alpha value is -1.88. The SMILES string of the molecule is Cc1noc(-c2ccccc2NC(=O)C(C)(C)CCl)n1. The highest BCUT2D eigenvalue weighted by atomic mass is 35.5. The number of halogens is 1. The average molecular weight is 294 g/mol. The monoisotopic (exact) mass is 293 g/mol. The molecule has 0 saturated carbocycles. The van der Waals surface area contributed by atoms with E-state index in [4.69, 9.17) is 16.1 Å². The first kappa shape index (κ1) is 14.5. The Kier molecular flexibility index (Phi) is 4.09. The lowest BCUT2D eigenvalue weighted by molar-refractivity contribution is -0.122. The first-order chi connectivity index (χ1) is 9.44. The predicted octanol–water partition coefficient (Wildman–Crippen LogP) is 3.25. The van der Waals surface area contributed by atoms with Crippen molar-refractivity contribution in [2.45, 2.75) is 20.8 Å². The Morgan fingerprint density at radius 3 is 2.70 bits per heavy atom. The molecule has 1 heterocycles. The van der Waals surface area contributed by atoms with E-state index < -0.39 is 5.41 Å². The Morgan fingerprint density at radius 2 is 2.10 bits per heavy atom. The zero-order valence-electron chi connectivity index (χ0n) is 11.6. The van der Waals surface area contributed by atoms with Gasteiger partial charge in [0.15, 0.2) is 5.82 Å². The maximum Gasteiger partial charge on any atom is 0.260 e. The number of benzene rings is 1. The van der Waals surface area contributed by atoms with Gasteiger partial charge in [0, 0.05) is 5.88 Å². The summed E-state index contributed by atoms with van der Waals surface area (Å²) in [7, 11) is 0. The molecule has 0 saturated heterocycles. The molecule has 0 radical (unpaired) electrons. The number of aromatic nitrogens is 2. The highest BCUT2D eigenvalue weighted by molar-refractivity contribution is 6.20. The molecule has 0 bridgehead atoms. The zero-order valence-corrected chi connectivity index (χ0v) is 12.4. The van der Waals surface area contributed by atoms with Crippen LogP contribution in [0.2, 0.25) is 0 Å². The highest BCUT2D eigenvalue weighted by Gasteiger charge is 2.27. The zero-order chi connectivity index (χ0) is 14.8. The number of nitrogens with zero attached hydrogens (tertiary/aromatic N) is 2. The van der Waals surface area contributed by atoms with Crippen molar-refractivity contribution in [1.29, 1.82) is 0 Å². The summed E-state index contributed by atoms with van der Waals surface area (Å²) in [5, 5.41) is 6.62. The standard InChI is InChI=1S/C14H16ClN3O2/c1-9-16-12(20-18-9)10-6-4-5-7-11(10)17-13(19)14(2,3)8-15/h4-7H,8H2,1-3H3,(H,17,19). The third-order valence-corrected chi connectivity index (χ3v) is 3.55. The van der Waals surface area contributed by atoms with Crippen molar-refractivity contribution in [2.75, 3.05) is 11.2 Å². The quantitative estimate of drug-likeness (QED) is 0.879. The molecule has 0 aliphatic carbocycles. The van der Waals surface area contributed by atoms with Gasteiger partial charge in [0.25, 0.3) is 5.89 Å². The van der Waals surface area contributed by atoms with Gasteiger partial charge in [-0.15, -0.1) is 11.6 Å². The van der Waals surface area contributed by atoms with Crippen LogP contribution in [0.3, 0.4) is 0 Å². The third-order valence-electron chi connectivity index (χ3n) is 2.88. The van der Waals surface area contributed by atoms with Gasteiger partial charge in [-0.1, -0.05) is 17.3 Å². The van der Waals surface area contributed by atoms with Crippen LogP contribution < -0.4 is 5.32 Å². The van der Waals surface area contributed by atoms with Gasteiger partial charge in [-0.3, -0.25) is 4.79 Å². The highest BCUT2D eigenvalue weighted by Crippen LogP contribution is 2.28. The maximum absolute atomic E-state index is 12.2. The minimum atomic E-state index is -0.653. The van der Waals surface area contributed by atoms with Gasteiger partial charge in [0.2, 0.25) is 5.91 Å². The summed E-state index contributed by atoms with van der Waals surface area (Å²) < 4.78 is 5.15. The second-order valence-corrected chi connectivity index (χ2v) is 5.43. The molecule has 106 valence electrons. The molecule has 0 unspecified atom stereocenters. The summed E-state index contributed by atoms with van der Waals surface area (Å²) in [6.07, 6.45) is 0. The molecule has 1 amide bonds. The Bertz CT molecular complexity index is 622. The van der Waals surface area contributed by atoms with E-state index in [9.17, 15) is 4.79 Å². The molecular formula is C14H16ClN3O2. The van der Waals surface area contributed by atoms with E-state index in [2.05, 4.69) is 15.5 Å². The van der Waals surface area contributed by atoms with Crippen molar-refractivity contribution >= 4 is 23.2 Å². The fraction of sp³-hybridized carbons (Fsp3) is 0.357. The van der Waals surface area contributed by atoms with Crippen LogP contribution in [0.4, 0.5) is 5.69 Å². The van der Waals surface area contributed by atoms with E-state index in [1.807, 2.05) is 18.2 Å². The summed E-state index contributed by atoms with van der Waals surface area (Å²) in [5.74, 6) is 1.00. The van der Waals surface area contributed by atoms with E-state index in [1.54, 1.807) is 26.8 Å². The van der Waals surface area contributed by atoms with Crippen molar-refractivity contribution in [3.63, 3.8) is 0 Å². The molecule has 0 spiro atoms. The number of para-hydroxylation sites is 1. The van der Waals surface area contributed by atoms with Crippen molar-refractivity contribution < 1.29 is 9.32 Å². The van der Waals surface area contributed by atoms with E-state index in [0.29, 0.717) is 23.0 Å². The summed E-state index contributed by atoms with van der Waals surface area (Å²) in [5.41, 5.74) is 0.658. The number of aryl methyl sites for hydroxylation is 1. The number of anilines is 1.